The van der Waals surface area contributed by atoms with Gasteiger partial charge in [-0.2, -0.15) is 0 Å². The highest BCUT2D eigenvalue weighted by atomic mass is 16.5. The SMILES string of the molecule is CCCCc1ccc(Oc2ccc([C@@H](C)O)nc2)cc1. The molecule has 0 amide bonds. The van der Waals surface area contributed by atoms with Gasteiger partial charge in [0.05, 0.1) is 18.0 Å². The summed E-state index contributed by atoms with van der Waals surface area (Å²) < 4.78 is 5.73. The molecule has 0 spiro atoms. The first kappa shape index (κ1) is 14.5. The number of aryl methyl sites for hydroxylation is 1. The lowest BCUT2D eigenvalue weighted by atomic mass is 10.1. The molecule has 2 aromatic rings. The van der Waals surface area contributed by atoms with Crippen molar-refractivity contribution >= 4 is 0 Å². The lowest BCUT2D eigenvalue weighted by Crippen LogP contribution is -1.95. The molecule has 0 aliphatic rings. The average molecular weight is 271 g/mol. The summed E-state index contributed by atoms with van der Waals surface area (Å²) >= 11 is 0. The van der Waals surface area contributed by atoms with E-state index in [2.05, 4.69) is 24.0 Å². The molecule has 0 bridgehead atoms. The van der Waals surface area contributed by atoms with Crippen LogP contribution in [0.5, 0.6) is 11.5 Å². The van der Waals surface area contributed by atoms with Crippen LogP contribution >= 0.6 is 0 Å². The highest BCUT2D eigenvalue weighted by molar-refractivity contribution is 5.32. The van der Waals surface area contributed by atoms with Crippen LogP contribution in [-0.4, -0.2) is 10.1 Å². The summed E-state index contributed by atoms with van der Waals surface area (Å²) in [6, 6.07) is 11.8. The summed E-state index contributed by atoms with van der Waals surface area (Å²) in [5.41, 5.74) is 1.98. The molecule has 1 aromatic carbocycles. The second-order valence-electron chi connectivity index (χ2n) is 4.94. The van der Waals surface area contributed by atoms with Gasteiger partial charge in [-0.3, -0.25) is 4.98 Å². The topological polar surface area (TPSA) is 42.4 Å². The van der Waals surface area contributed by atoms with E-state index in [0.717, 1.165) is 12.2 Å². The summed E-state index contributed by atoms with van der Waals surface area (Å²) in [5.74, 6) is 1.48. The molecule has 3 heteroatoms. The van der Waals surface area contributed by atoms with Crippen LogP contribution in [0.25, 0.3) is 0 Å². The van der Waals surface area contributed by atoms with Gasteiger partial charge in [0.1, 0.15) is 11.5 Å². The van der Waals surface area contributed by atoms with E-state index in [9.17, 15) is 5.11 Å². The molecular formula is C17H21NO2. The third-order valence-electron chi connectivity index (χ3n) is 3.17. The molecule has 0 saturated carbocycles. The fourth-order valence-electron chi connectivity index (χ4n) is 1.94. The maximum atomic E-state index is 9.40. The van der Waals surface area contributed by atoms with Crippen LogP contribution in [0.2, 0.25) is 0 Å². The van der Waals surface area contributed by atoms with Crippen molar-refractivity contribution in [2.45, 2.75) is 39.2 Å². The van der Waals surface area contributed by atoms with E-state index in [-0.39, 0.29) is 0 Å². The Morgan fingerprint density at radius 2 is 1.80 bits per heavy atom. The molecule has 0 aliphatic heterocycles. The number of unbranched alkanes of at least 4 members (excludes halogenated alkanes) is 1. The molecule has 0 aliphatic carbocycles. The minimum Gasteiger partial charge on any atom is -0.456 e. The number of pyridine rings is 1. The highest BCUT2D eigenvalue weighted by Gasteiger charge is 2.03. The van der Waals surface area contributed by atoms with Crippen LogP contribution in [0.1, 0.15) is 44.1 Å². The van der Waals surface area contributed by atoms with Crippen LogP contribution in [0, 0.1) is 0 Å². The maximum Gasteiger partial charge on any atom is 0.145 e. The molecule has 1 atom stereocenters. The highest BCUT2D eigenvalue weighted by Crippen LogP contribution is 2.22. The van der Waals surface area contributed by atoms with Gasteiger partial charge in [-0.15, -0.1) is 0 Å². The number of nitrogens with zero attached hydrogens (tertiary/aromatic N) is 1. The number of ether oxygens (including phenoxy) is 1. The minimum absolute atomic E-state index is 0.554. The predicted octanol–water partition coefficient (Wildman–Crippen LogP) is 4.27. The Hall–Kier alpha value is -1.87. The standard InChI is InChI=1S/C17H21NO2/c1-3-4-5-14-6-8-15(9-7-14)20-16-10-11-17(13(2)19)18-12-16/h6-13,19H,3-5H2,1-2H3/t13-/m1/s1. The van der Waals surface area contributed by atoms with Crippen LogP contribution < -0.4 is 4.74 Å². The molecule has 106 valence electrons. The van der Waals surface area contributed by atoms with Gasteiger partial charge in [0.25, 0.3) is 0 Å². The van der Waals surface area contributed by atoms with Crippen molar-refractivity contribution in [1.82, 2.24) is 4.98 Å². The van der Waals surface area contributed by atoms with Crippen molar-refractivity contribution < 1.29 is 9.84 Å². The number of rotatable bonds is 6. The molecule has 0 unspecified atom stereocenters. The summed E-state index contributed by atoms with van der Waals surface area (Å²) in [6.45, 7) is 3.89. The number of benzene rings is 1. The number of hydrogen-bond acceptors (Lipinski definition) is 3. The molecule has 0 radical (unpaired) electrons. The number of aromatic nitrogens is 1. The minimum atomic E-state index is -0.554. The smallest absolute Gasteiger partial charge is 0.145 e. The van der Waals surface area contributed by atoms with Crippen LogP contribution in [0.3, 0.4) is 0 Å². The summed E-state index contributed by atoms with van der Waals surface area (Å²) in [7, 11) is 0. The van der Waals surface area contributed by atoms with Crippen molar-refractivity contribution in [1.29, 1.82) is 0 Å². The van der Waals surface area contributed by atoms with Gasteiger partial charge in [-0.05, 0) is 49.6 Å². The van der Waals surface area contributed by atoms with Crippen molar-refractivity contribution in [3.8, 4) is 11.5 Å². The zero-order valence-electron chi connectivity index (χ0n) is 12.0. The van der Waals surface area contributed by atoms with Crippen LogP contribution in [-0.2, 0) is 6.42 Å². The number of aliphatic hydroxyl groups excluding tert-OH is 1. The number of hydrogen-bond donors (Lipinski definition) is 1. The molecule has 0 fully saturated rings. The van der Waals surface area contributed by atoms with E-state index < -0.39 is 6.10 Å². The quantitative estimate of drug-likeness (QED) is 0.853. The first-order valence-corrected chi connectivity index (χ1v) is 7.10. The molecular weight excluding hydrogens is 250 g/mol. The van der Waals surface area contributed by atoms with Gasteiger partial charge in [0.15, 0.2) is 0 Å². The summed E-state index contributed by atoms with van der Waals surface area (Å²) in [5, 5.41) is 9.40. The van der Waals surface area contributed by atoms with E-state index >= 15 is 0 Å². The lowest BCUT2D eigenvalue weighted by Gasteiger charge is -2.08. The van der Waals surface area contributed by atoms with Crippen LogP contribution in [0.15, 0.2) is 42.6 Å². The Morgan fingerprint density at radius 1 is 1.10 bits per heavy atom. The monoisotopic (exact) mass is 271 g/mol. The largest absolute Gasteiger partial charge is 0.456 e. The zero-order valence-corrected chi connectivity index (χ0v) is 12.0. The van der Waals surface area contributed by atoms with Gasteiger partial charge in [0.2, 0.25) is 0 Å². The van der Waals surface area contributed by atoms with E-state index in [4.69, 9.17) is 4.74 Å². The average Bonchev–Trinajstić information content (AvgIpc) is 2.47. The van der Waals surface area contributed by atoms with Crippen molar-refractivity contribution in [3.63, 3.8) is 0 Å². The molecule has 1 aromatic heterocycles. The first-order chi connectivity index (χ1) is 9.69. The Bertz CT molecular complexity index is 518. The normalized spacial score (nSPS) is 12.2. The van der Waals surface area contributed by atoms with Crippen LogP contribution in [0.4, 0.5) is 0 Å². The Kier molecular flexibility index (Phi) is 5.13. The Balaban J connectivity index is 1.98. The first-order valence-electron chi connectivity index (χ1n) is 7.10. The third kappa shape index (κ3) is 4.07. The van der Waals surface area contributed by atoms with Crippen molar-refractivity contribution in [3.05, 3.63) is 53.9 Å². The molecule has 20 heavy (non-hydrogen) atoms. The molecule has 1 heterocycles. The van der Waals surface area contributed by atoms with Gasteiger partial charge < -0.3 is 9.84 Å². The fourth-order valence-corrected chi connectivity index (χ4v) is 1.94. The molecule has 0 saturated heterocycles. The Labute approximate surface area is 120 Å². The second kappa shape index (κ2) is 7.06. The Morgan fingerprint density at radius 3 is 2.35 bits per heavy atom. The second-order valence-corrected chi connectivity index (χ2v) is 4.94. The maximum absolute atomic E-state index is 9.40. The van der Waals surface area contributed by atoms with E-state index in [1.807, 2.05) is 18.2 Å². The predicted molar refractivity (Wildman–Crippen MR) is 80.0 cm³/mol. The molecule has 2 rings (SSSR count). The van der Waals surface area contributed by atoms with Crippen molar-refractivity contribution in [2.24, 2.45) is 0 Å². The van der Waals surface area contributed by atoms with Crippen molar-refractivity contribution in [2.75, 3.05) is 0 Å². The fraction of sp³-hybridized carbons (Fsp3) is 0.353. The summed E-state index contributed by atoms with van der Waals surface area (Å²) in [4.78, 5) is 4.16. The summed E-state index contributed by atoms with van der Waals surface area (Å²) in [6.07, 6.45) is 4.61. The lowest BCUT2D eigenvalue weighted by molar-refractivity contribution is 0.194. The van der Waals surface area contributed by atoms with Gasteiger partial charge in [-0.1, -0.05) is 25.5 Å². The number of aliphatic hydroxyl groups is 1. The van der Waals surface area contributed by atoms with Gasteiger partial charge in [-0.25, -0.2) is 0 Å². The van der Waals surface area contributed by atoms with Gasteiger partial charge in [0, 0.05) is 0 Å². The zero-order chi connectivity index (χ0) is 14.4. The van der Waals surface area contributed by atoms with E-state index in [1.54, 1.807) is 19.2 Å². The molecule has 1 N–H and O–H groups in total. The molecule has 3 nitrogen and oxygen atoms in total. The van der Waals surface area contributed by atoms with Gasteiger partial charge >= 0.3 is 0 Å². The third-order valence-corrected chi connectivity index (χ3v) is 3.17. The van der Waals surface area contributed by atoms with E-state index in [0.29, 0.717) is 11.4 Å². The van der Waals surface area contributed by atoms with E-state index in [1.165, 1.54) is 18.4 Å².